The number of nitrogens with two attached hydrogens (primary N) is 1. The minimum Gasteiger partial charge on any atom is -0.462 e. The summed E-state index contributed by atoms with van der Waals surface area (Å²) in [7, 11) is -10.9. The van der Waals surface area contributed by atoms with Gasteiger partial charge in [-0.05, 0) is 76.7 Å². The Morgan fingerprint density at radius 3 is 1.99 bits per heavy atom. The maximum atomic E-state index is 12.9. The molecule has 1 fully saturated rings. The van der Waals surface area contributed by atoms with Crippen LogP contribution in [0.2, 0.25) is 0 Å². The van der Waals surface area contributed by atoms with Crippen molar-refractivity contribution in [2.45, 2.75) is 198 Å². The van der Waals surface area contributed by atoms with Crippen molar-refractivity contribution in [3.63, 3.8) is 0 Å². The van der Waals surface area contributed by atoms with E-state index in [0.29, 0.717) is 6.42 Å². The first-order valence-electron chi connectivity index (χ1n) is 25.4. The molecule has 0 aromatic carbocycles. The maximum Gasteiger partial charge on any atom is 0.481 e. The zero-order valence-corrected chi connectivity index (χ0v) is 43.7. The average molecular weight is 1040 g/mol. The quantitative estimate of drug-likeness (QED) is 0.0117. The average Bonchev–Trinajstić information content (AvgIpc) is 3.60. The topological polar surface area (TPSA) is 286 Å². The number of phosphoric ester groups is 2. The molecule has 0 radical (unpaired) electrons. The molecule has 2 unspecified atom stereocenters. The molecule has 0 amide bonds. The summed E-state index contributed by atoms with van der Waals surface area (Å²) in [6, 6.07) is 1.24. The number of nitrogens with zero attached hydrogens (tertiary/aromatic N) is 2. The minimum absolute atomic E-state index is 0.0795. The van der Waals surface area contributed by atoms with E-state index in [-0.39, 0.29) is 31.5 Å². The van der Waals surface area contributed by atoms with Gasteiger partial charge < -0.3 is 45.1 Å². The normalized spacial score (nSPS) is 20.1. The number of ether oxygens (including phenoxy) is 3. The van der Waals surface area contributed by atoms with Crippen LogP contribution in [0.3, 0.4) is 0 Å². The lowest BCUT2D eigenvalue weighted by atomic mass is 10.1. The Morgan fingerprint density at radius 2 is 1.31 bits per heavy atom. The number of aromatic nitrogens is 2. The maximum absolute atomic E-state index is 12.9. The molecule has 8 atom stereocenters. The number of phosphoric acid groups is 2. The Kier molecular flexibility index (Phi) is 34.1. The highest BCUT2D eigenvalue weighted by atomic mass is 31.3. The summed E-state index contributed by atoms with van der Waals surface area (Å²) in [6.07, 6.45) is 33.2. The molecule has 0 aliphatic carbocycles. The highest BCUT2D eigenvalue weighted by Gasteiger charge is 2.46. The molecule has 71 heavy (non-hydrogen) atoms. The van der Waals surface area contributed by atoms with Crippen molar-refractivity contribution in [1.82, 2.24) is 9.55 Å². The van der Waals surface area contributed by atoms with Crippen LogP contribution in [0.15, 0.2) is 77.8 Å². The minimum atomic E-state index is -5.47. The first kappa shape index (κ1) is 63.5. The molecule has 1 saturated heterocycles. The molecule has 0 bridgehead atoms. The number of carbonyl (C=O) groups is 2. The number of anilines is 1. The van der Waals surface area contributed by atoms with Gasteiger partial charge >= 0.3 is 33.3 Å². The van der Waals surface area contributed by atoms with Crippen molar-refractivity contribution >= 4 is 33.4 Å². The van der Waals surface area contributed by atoms with E-state index in [1.165, 1.54) is 51.0 Å². The number of hydrogen-bond acceptors (Lipinski definition) is 16. The summed E-state index contributed by atoms with van der Waals surface area (Å²) in [4.78, 5) is 61.9. The molecule has 21 heteroatoms. The van der Waals surface area contributed by atoms with E-state index in [1.54, 1.807) is 12.2 Å². The second-order valence-corrected chi connectivity index (χ2v) is 20.6. The van der Waals surface area contributed by atoms with Gasteiger partial charge in [-0.3, -0.25) is 23.2 Å². The highest BCUT2D eigenvalue weighted by Crippen LogP contribution is 2.60. The van der Waals surface area contributed by atoms with Crippen LogP contribution >= 0.6 is 15.6 Å². The lowest BCUT2D eigenvalue weighted by Gasteiger charge is -2.21. The number of nitrogen functional groups attached to an aromatic ring is 1. The molecule has 19 nitrogen and oxygen atoms in total. The van der Waals surface area contributed by atoms with Crippen molar-refractivity contribution in [3.05, 3.63) is 83.5 Å². The van der Waals surface area contributed by atoms with Gasteiger partial charge in [-0.2, -0.15) is 9.29 Å². The number of carbonyl (C=O) groups excluding carboxylic acids is 2. The van der Waals surface area contributed by atoms with Crippen LogP contribution < -0.4 is 11.4 Å². The van der Waals surface area contributed by atoms with Crippen molar-refractivity contribution in [3.8, 4) is 0 Å². The molecular weight excluding hydrogens is 961 g/mol. The van der Waals surface area contributed by atoms with Gasteiger partial charge in [0.25, 0.3) is 0 Å². The van der Waals surface area contributed by atoms with Crippen molar-refractivity contribution in [1.29, 1.82) is 0 Å². The Morgan fingerprint density at radius 1 is 0.746 bits per heavy atom. The summed E-state index contributed by atoms with van der Waals surface area (Å²) in [5, 5.41) is 31.3. The lowest BCUT2D eigenvalue weighted by molar-refractivity contribution is -0.161. The number of aliphatic hydroxyl groups excluding tert-OH is 3. The molecule has 1 aromatic rings. The Bertz CT molecular complexity index is 1940. The Balaban J connectivity index is 1.86. The number of allylic oxidation sites excluding steroid dienone is 9. The van der Waals surface area contributed by atoms with E-state index in [4.69, 9.17) is 29.0 Å². The molecule has 0 spiro atoms. The van der Waals surface area contributed by atoms with Gasteiger partial charge in [-0.25, -0.2) is 13.9 Å². The second kappa shape index (κ2) is 38.1. The monoisotopic (exact) mass is 1040 g/mol. The fourth-order valence-electron chi connectivity index (χ4n) is 7.17. The van der Waals surface area contributed by atoms with Crippen LogP contribution in [-0.4, -0.2) is 96.9 Å². The number of hydrogen-bond donors (Lipinski definition) is 6. The number of aliphatic hydroxyl groups is 3. The van der Waals surface area contributed by atoms with E-state index in [9.17, 15) is 48.6 Å². The third kappa shape index (κ3) is 30.9. The van der Waals surface area contributed by atoms with Gasteiger partial charge in [-0.1, -0.05) is 139 Å². The Hall–Kier alpha value is -3.58. The van der Waals surface area contributed by atoms with Crippen LogP contribution in [0.25, 0.3) is 0 Å². The molecule has 0 saturated carbocycles. The predicted octanol–water partition coefficient (Wildman–Crippen LogP) is 9.30. The van der Waals surface area contributed by atoms with E-state index < -0.39 is 89.8 Å². The van der Waals surface area contributed by atoms with Gasteiger partial charge in [0, 0.05) is 19.0 Å². The van der Waals surface area contributed by atoms with Gasteiger partial charge in [0.2, 0.25) is 0 Å². The third-order valence-electron chi connectivity index (χ3n) is 11.2. The van der Waals surface area contributed by atoms with Crippen LogP contribution in [-0.2, 0) is 46.3 Å². The van der Waals surface area contributed by atoms with E-state index in [1.807, 2.05) is 12.2 Å². The number of rotatable bonds is 41. The molecular formula is C50H83N3O16P2. The highest BCUT2D eigenvalue weighted by molar-refractivity contribution is 7.61. The van der Waals surface area contributed by atoms with Crippen molar-refractivity contribution in [2.24, 2.45) is 0 Å². The summed E-state index contributed by atoms with van der Waals surface area (Å²) >= 11 is 0. The molecule has 1 aliphatic rings. The SMILES string of the molecule is CCCCC/C=C\C/C=C\C/C=C\C=C\[C@H](O)CCCC(=O)O[C@H](COC(=O)CCCCCCCCC/C=C\CCCCCC)COP(=O)(O)OP(=O)(O)OC[C@H]1O[C@@H](n2ccc(N)nc2=O)[C@H](O)[C@@H]1O. The standard InChI is InChI=1S/C50H83N3O16P2/c1-3-5-7-9-11-13-15-17-18-20-22-24-26-28-30-34-45(55)64-38-42(67-46(56)35-31-33-41(54)32-29-27-25-23-21-19-16-14-12-10-8-6-4-2)39-65-70(60,61)69-71(62,63)66-40-43-47(57)48(58)49(68-43)53-37-36-44(51)52-50(53)59/h12-15,19,21,25,27,29,32,36-37,41-43,47-49,54,57-58H,3-11,16-18,20,22-24,26,28,30-31,33-35,38-40H2,1-2H3,(H,60,61)(H,62,63)(H2,51,52,59)/b14-12-,15-13-,21-19-,27-25-,32-29+/t41-,42+,43+,47+,48+,49+/m0/s1. The molecule has 2 rings (SSSR count). The zero-order valence-electron chi connectivity index (χ0n) is 41.9. The van der Waals surface area contributed by atoms with Crippen LogP contribution in [0.5, 0.6) is 0 Å². The lowest BCUT2D eigenvalue weighted by Crippen LogP contribution is -2.36. The van der Waals surface area contributed by atoms with E-state index in [0.717, 1.165) is 81.4 Å². The molecule has 7 N–H and O–H groups in total. The number of unbranched alkanes of at least 4 members (excludes halogenated alkanes) is 14. The van der Waals surface area contributed by atoms with Crippen LogP contribution in [0.4, 0.5) is 5.82 Å². The largest absolute Gasteiger partial charge is 0.481 e. The third-order valence-corrected chi connectivity index (χ3v) is 13.8. The summed E-state index contributed by atoms with van der Waals surface area (Å²) in [5.41, 5.74) is 4.57. The van der Waals surface area contributed by atoms with Gasteiger partial charge in [-0.15, -0.1) is 0 Å². The molecule has 404 valence electrons. The molecule has 1 aromatic heterocycles. The van der Waals surface area contributed by atoms with Gasteiger partial charge in [0.05, 0.1) is 19.3 Å². The van der Waals surface area contributed by atoms with Crippen molar-refractivity contribution in [2.75, 3.05) is 25.6 Å². The first-order chi connectivity index (χ1) is 34.1. The van der Waals surface area contributed by atoms with Gasteiger partial charge in [0.1, 0.15) is 30.7 Å². The fourth-order valence-corrected chi connectivity index (χ4v) is 9.29. The summed E-state index contributed by atoms with van der Waals surface area (Å²) in [6.45, 7) is 1.92. The van der Waals surface area contributed by atoms with Crippen LogP contribution in [0.1, 0.15) is 168 Å². The second-order valence-electron chi connectivity index (χ2n) is 17.5. The molecule has 1 aliphatic heterocycles. The summed E-state index contributed by atoms with van der Waals surface area (Å²) in [5.74, 6) is -1.52. The number of esters is 2. The van der Waals surface area contributed by atoms with Crippen LogP contribution in [0, 0.1) is 0 Å². The molecule has 2 heterocycles. The fraction of sp³-hybridized carbons (Fsp3) is 0.680. The smallest absolute Gasteiger partial charge is 0.462 e. The first-order valence-corrected chi connectivity index (χ1v) is 28.4. The zero-order chi connectivity index (χ0) is 52.2. The Labute approximate surface area is 420 Å². The van der Waals surface area contributed by atoms with E-state index in [2.05, 4.69) is 59.6 Å². The predicted molar refractivity (Wildman–Crippen MR) is 272 cm³/mol. The van der Waals surface area contributed by atoms with Crippen molar-refractivity contribution < 1.29 is 71.4 Å². The van der Waals surface area contributed by atoms with Gasteiger partial charge in [0.15, 0.2) is 12.3 Å². The van der Waals surface area contributed by atoms with E-state index >= 15 is 0 Å². The summed E-state index contributed by atoms with van der Waals surface area (Å²) < 4.78 is 56.6.